The molecule has 0 saturated carbocycles. The third-order valence-electron chi connectivity index (χ3n) is 5.80. The van der Waals surface area contributed by atoms with Gasteiger partial charge in [-0.15, -0.1) is 0 Å². The van der Waals surface area contributed by atoms with Crippen LogP contribution in [0.25, 0.3) is 10.8 Å². The second-order valence-corrected chi connectivity index (χ2v) is 7.79. The Morgan fingerprint density at radius 2 is 1.62 bits per heavy atom. The maximum Gasteiger partial charge on any atom is 0.416 e. The molecule has 1 saturated heterocycles. The van der Waals surface area contributed by atoms with E-state index in [2.05, 4.69) is 5.10 Å². The molecule has 34 heavy (non-hydrogen) atoms. The van der Waals surface area contributed by atoms with Crippen molar-refractivity contribution < 1.29 is 18.0 Å². The molecule has 182 valence electrons. The van der Waals surface area contributed by atoms with Gasteiger partial charge in [0.1, 0.15) is 0 Å². The van der Waals surface area contributed by atoms with Crippen LogP contribution in [0.4, 0.5) is 18.9 Å². The fourth-order valence-corrected chi connectivity index (χ4v) is 4.09. The number of carbonyl (C=O) groups is 1. The molecule has 1 fully saturated rings. The summed E-state index contributed by atoms with van der Waals surface area (Å²) in [5.74, 6) is -0.257. The highest BCUT2D eigenvalue weighted by Crippen LogP contribution is 2.33. The molecule has 0 bridgehead atoms. The van der Waals surface area contributed by atoms with E-state index in [0.717, 1.165) is 17.8 Å². The van der Waals surface area contributed by atoms with Crippen LogP contribution in [0.2, 0.25) is 0 Å². The van der Waals surface area contributed by atoms with Crippen LogP contribution >= 0.6 is 0 Å². The van der Waals surface area contributed by atoms with Crippen LogP contribution in [-0.4, -0.2) is 46.8 Å². The predicted molar refractivity (Wildman–Crippen MR) is 127 cm³/mol. The number of fused-ring (bicyclic) bond motifs is 1. The normalized spacial score (nSPS) is 14.1. The highest BCUT2D eigenvalue weighted by atomic mass is 19.4. The van der Waals surface area contributed by atoms with Gasteiger partial charge >= 0.3 is 6.18 Å². The van der Waals surface area contributed by atoms with Crippen LogP contribution in [0.15, 0.2) is 47.3 Å². The summed E-state index contributed by atoms with van der Waals surface area (Å²) in [6.07, 6.45) is -4.38. The predicted octanol–water partition coefficient (Wildman–Crippen LogP) is 4.73. The maximum atomic E-state index is 13.3. The summed E-state index contributed by atoms with van der Waals surface area (Å²) in [4.78, 5) is 29.4. The molecule has 0 atom stereocenters. The van der Waals surface area contributed by atoms with E-state index < -0.39 is 11.7 Å². The fraction of sp³-hybridized carbons (Fsp3) is 0.400. The second kappa shape index (κ2) is 10.3. The number of hydrogen-bond donors (Lipinski definition) is 0. The van der Waals surface area contributed by atoms with Crippen LogP contribution in [0.1, 0.15) is 42.4 Å². The number of amides is 1. The lowest BCUT2D eigenvalue weighted by molar-refractivity contribution is -0.137. The van der Waals surface area contributed by atoms with Crippen molar-refractivity contribution in [2.24, 2.45) is 0 Å². The Hall–Kier alpha value is -3.36. The fourth-order valence-electron chi connectivity index (χ4n) is 4.09. The second-order valence-electron chi connectivity index (χ2n) is 7.79. The lowest BCUT2D eigenvalue weighted by atomic mass is 10.1. The number of piperazine rings is 1. The molecular weight excluding hydrogens is 445 g/mol. The Bertz CT molecular complexity index is 1230. The third-order valence-corrected chi connectivity index (χ3v) is 5.80. The van der Waals surface area contributed by atoms with E-state index in [1.54, 1.807) is 43.0 Å². The summed E-state index contributed by atoms with van der Waals surface area (Å²) in [5.41, 5.74) is 0.607. The molecule has 3 aromatic rings. The SMILES string of the molecule is CC.CCn1nc(C(=O)N2CCN(c3ccc(C(F)(F)F)cc3C)CC2)c2ccccc2c1=O. The molecule has 2 heterocycles. The summed E-state index contributed by atoms with van der Waals surface area (Å²) in [6.45, 7) is 9.59. The Balaban J connectivity index is 0.00000158. The Labute approximate surface area is 196 Å². The van der Waals surface area contributed by atoms with Gasteiger partial charge in [-0.1, -0.05) is 32.0 Å². The number of aryl methyl sites for hydroxylation is 2. The van der Waals surface area contributed by atoms with Crippen molar-refractivity contribution in [2.45, 2.75) is 40.4 Å². The van der Waals surface area contributed by atoms with Crippen molar-refractivity contribution in [3.8, 4) is 0 Å². The van der Waals surface area contributed by atoms with Crippen LogP contribution in [0, 0.1) is 6.92 Å². The minimum absolute atomic E-state index is 0.234. The molecule has 1 amide bonds. The van der Waals surface area contributed by atoms with Gasteiger partial charge in [-0.25, -0.2) is 4.68 Å². The third kappa shape index (κ3) is 4.93. The summed E-state index contributed by atoms with van der Waals surface area (Å²) in [5, 5.41) is 5.28. The van der Waals surface area contributed by atoms with E-state index in [-0.39, 0.29) is 17.2 Å². The minimum atomic E-state index is -4.38. The zero-order valence-corrected chi connectivity index (χ0v) is 19.8. The molecule has 9 heteroatoms. The molecule has 4 rings (SSSR count). The molecule has 1 aliphatic rings. The summed E-state index contributed by atoms with van der Waals surface area (Å²) >= 11 is 0. The molecular formula is C25H29F3N4O2. The van der Waals surface area contributed by atoms with Gasteiger partial charge in [0.2, 0.25) is 0 Å². The number of rotatable bonds is 3. The zero-order valence-electron chi connectivity index (χ0n) is 19.8. The molecule has 0 spiro atoms. The highest BCUT2D eigenvalue weighted by Gasteiger charge is 2.31. The molecule has 1 aromatic heterocycles. The number of hydrogen-bond acceptors (Lipinski definition) is 4. The Morgan fingerprint density at radius 3 is 2.18 bits per heavy atom. The molecule has 6 nitrogen and oxygen atoms in total. The van der Waals surface area contributed by atoms with E-state index in [0.29, 0.717) is 49.1 Å². The van der Waals surface area contributed by atoms with Crippen molar-refractivity contribution in [3.63, 3.8) is 0 Å². The van der Waals surface area contributed by atoms with Crippen LogP contribution in [0.5, 0.6) is 0 Å². The molecule has 0 aliphatic carbocycles. The van der Waals surface area contributed by atoms with Crippen molar-refractivity contribution in [1.82, 2.24) is 14.7 Å². The van der Waals surface area contributed by atoms with Gasteiger partial charge in [-0.05, 0) is 43.7 Å². The van der Waals surface area contributed by atoms with Gasteiger partial charge in [0.25, 0.3) is 11.5 Å². The van der Waals surface area contributed by atoms with Gasteiger partial charge in [0.05, 0.1) is 10.9 Å². The number of carbonyl (C=O) groups excluding carboxylic acids is 1. The molecule has 2 aromatic carbocycles. The topological polar surface area (TPSA) is 58.4 Å². The van der Waals surface area contributed by atoms with Gasteiger partial charge in [-0.3, -0.25) is 9.59 Å². The number of aromatic nitrogens is 2. The van der Waals surface area contributed by atoms with Gasteiger partial charge in [0, 0.05) is 43.8 Å². The number of benzene rings is 2. The lowest BCUT2D eigenvalue weighted by Crippen LogP contribution is -2.49. The van der Waals surface area contributed by atoms with Crippen molar-refractivity contribution in [1.29, 1.82) is 0 Å². The average Bonchev–Trinajstić information content (AvgIpc) is 2.85. The molecule has 1 aliphatic heterocycles. The molecule has 0 N–H and O–H groups in total. The van der Waals surface area contributed by atoms with E-state index >= 15 is 0 Å². The summed E-state index contributed by atoms with van der Waals surface area (Å²) in [6, 6.07) is 10.7. The molecule has 0 radical (unpaired) electrons. The quantitative estimate of drug-likeness (QED) is 0.551. The van der Waals surface area contributed by atoms with Gasteiger partial charge < -0.3 is 9.80 Å². The number of anilines is 1. The van der Waals surface area contributed by atoms with Crippen molar-refractivity contribution in [3.05, 3.63) is 69.6 Å². The Morgan fingerprint density at radius 1 is 1.00 bits per heavy atom. The highest BCUT2D eigenvalue weighted by molar-refractivity contribution is 6.04. The van der Waals surface area contributed by atoms with Gasteiger partial charge in [0.15, 0.2) is 5.69 Å². The number of halogens is 3. The maximum absolute atomic E-state index is 13.3. The summed E-state index contributed by atoms with van der Waals surface area (Å²) in [7, 11) is 0. The first kappa shape index (κ1) is 25.3. The monoisotopic (exact) mass is 474 g/mol. The van der Waals surface area contributed by atoms with Crippen LogP contribution in [-0.2, 0) is 12.7 Å². The molecule has 0 unspecified atom stereocenters. The zero-order chi connectivity index (χ0) is 25.0. The lowest BCUT2D eigenvalue weighted by Gasteiger charge is -2.37. The number of nitrogens with zero attached hydrogens (tertiary/aromatic N) is 4. The van der Waals surface area contributed by atoms with E-state index in [9.17, 15) is 22.8 Å². The standard InChI is InChI=1S/C23H23F3N4O2.C2H6/c1-3-30-21(31)18-7-5-4-6-17(18)20(27-30)22(32)29-12-10-28(11-13-29)19-9-8-16(14-15(19)2)23(24,25)26;1-2/h4-9,14H,3,10-13H2,1-2H3;1-2H3. The van der Waals surface area contributed by atoms with Crippen LogP contribution in [0.3, 0.4) is 0 Å². The van der Waals surface area contributed by atoms with Crippen molar-refractivity contribution >= 4 is 22.4 Å². The van der Waals surface area contributed by atoms with Gasteiger partial charge in [-0.2, -0.15) is 18.3 Å². The first-order valence-corrected chi connectivity index (χ1v) is 11.4. The smallest absolute Gasteiger partial charge is 0.368 e. The Kier molecular flexibility index (Phi) is 7.64. The average molecular weight is 475 g/mol. The minimum Gasteiger partial charge on any atom is -0.368 e. The largest absolute Gasteiger partial charge is 0.416 e. The first-order valence-electron chi connectivity index (χ1n) is 11.4. The summed E-state index contributed by atoms with van der Waals surface area (Å²) < 4.78 is 40.1. The number of alkyl halides is 3. The van der Waals surface area contributed by atoms with E-state index in [1.807, 2.05) is 18.7 Å². The van der Waals surface area contributed by atoms with E-state index in [1.165, 1.54) is 10.7 Å². The van der Waals surface area contributed by atoms with Crippen molar-refractivity contribution in [2.75, 3.05) is 31.1 Å². The van der Waals surface area contributed by atoms with E-state index in [4.69, 9.17) is 0 Å². The first-order chi connectivity index (χ1) is 16.2. The van der Waals surface area contributed by atoms with Crippen LogP contribution < -0.4 is 10.5 Å².